The summed E-state index contributed by atoms with van der Waals surface area (Å²) < 4.78 is 7.36. The highest BCUT2D eigenvalue weighted by atomic mass is 16.5. The Morgan fingerprint density at radius 3 is 2.53 bits per heavy atom. The minimum atomic E-state index is 0.671. The number of anilines is 1. The van der Waals surface area contributed by atoms with Crippen molar-refractivity contribution < 1.29 is 4.74 Å². The molecule has 0 unspecified atom stereocenters. The van der Waals surface area contributed by atoms with E-state index in [0.29, 0.717) is 12.1 Å². The maximum atomic E-state index is 8.91. The van der Waals surface area contributed by atoms with Crippen molar-refractivity contribution in [3.8, 4) is 17.5 Å². The number of hydrogen-bond donors (Lipinski definition) is 1. The predicted molar refractivity (Wildman–Crippen MR) is 124 cm³/mol. The number of nitriles is 1. The maximum absolute atomic E-state index is 8.91. The third-order valence-electron chi connectivity index (χ3n) is 5.62. The minimum Gasteiger partial charge on any atom is -0.494 e. The lowest BCUT2D eigenvalue weighted by Crippen LogP contribution is -2.47. The van der Waals surface area contributed by atoms with Crippen molar-refractivity contribution in [1.29, 1.82) is 5.26 Å². The molecule has 0 atom stereocenters. The van der Waals surface area contributed by atoms with Crippen molar-refractivity contribution in [3.63, 3.8) is 0 Å². The highest BCUT2D eigenvalue weighted by molar-refractivity contribution is 5.59. The first kappa shape index (κ1) is 21.2. The number of ether oxygens (including phenoxy) is 1. The second kappa shape index (κ2) is 9.43. The number of aryl methyl sites for hydroxylation is 1. The number of nitrogens with zero attached hydrogens (tertiary/aromatic N) is 6. The van der Waals surface area contributed by atoms with E-state index in [1.165, 1.54) is 0 Å². The van der Waals surface area contributed by atoms with Gasteiger partial charge in [-0.15, -0.1) is 0 Å². The van der Waals surface area contributed by atoms with E-state index >= 15 is 0 Å². The molecular weight excluding hydrogens is 402 g/mol. The van der Waals surface area contributed by atoms with Gasteiger partial charge >= 0.3 is 0 Å². The van der Waals surface area contributed by atoms with E-state index in [9.17, 15) is 0 Å². The number of piperazine rings is 1. The molecule has 1 fully saturated rings. The van der Waals surface area contributed by atoms with Crippen LogP contribution < -0.4 is 15.0 Å². The summed E-state index contributed by atoms with van der Waals surface area (Å²) in [4.78, 5) is 8.82. The predicted octanol–water partition coefficient (Wildman–Crippen LogP) is 2.84. The average molecular weight is 430 g/mol. The molecule has 0 bridgehead atoms. The SMILES string of the molecule is C=C(NCc1ccc(C#N)cc1)N1CCN(c2ccc(-n3cnc(C)n3)c(OC)c2)CC1. The molecule has 1 saturated heterocycles. The second-order valence-electron chi connectivity index (χ2n) is 7.68. The van der Waals surface area contributed by atoms with Crippen molar-refractivity contribution in [2.24, 2.45) is 0 Å². The standard InChI is InChI=1S/C24H27N7O/c1-18-27-17-31(28-18)23-9-8-22(14-24(23)32-3)30-12-10-29(11-13-30)19(2)26-16-21-6-4-20(15-25)5-7-21/h4-9,14,17,26H,2,10-13,16H2,1,3H3. The molecule has 1 aromatic heterocycles. The summed E-state index contributed by atoms with van der Waals surface area (Å²) in [5.41, 5.74) is 3.79. The molecule has 2 aromatic carbocycles. The molecule has 0 saturated carbocycles. The Morgan fingerprint density at radius 1 is 1.16 bits per heavy atom. The Morgan fingerprint density at radius 2 is 1.91 bits per heavy atom. The van der Waals surface area contributed by atoms with E-state index in [2.05, 4.69) is 50.0 Å². The van der Waals surface area contributed by atoms with Gasteiger partial charge in [-0.3, -0.25) is 0 Å². The molecule has 0 amide bonds. The van der Waals surface area contributed by atoms with Crippen molar-refractivity contribution in [3.05, 3.63) is 78.1 Å². The molecule has 8 heteroatoms. The largest absolute Gasteiger partial charge is 0.494 e. The summed E-state index contributed by atoms with van der Waals surface area (Å²) in [6, 6.07) is 15.9. The fraction of sp³-hybridized carbons (Fsp3) is 0.292. The fourth-order valence-electron chi connectivity index (χ4n) is 3.76. The van der Waals surface area contributed by atoms with E-state index in [0.717, 1.165) is 60.5 Å². The van der Waals surface area contributed by atoms with Crippen LogP contribution in [0.3, 0.4) is 0 Å². The summed E-state index contributed by atoms with van der Waals surface area (Å²) in [7, 11) is 1.67. The van der Waals surface area contributed by atoms with E-state index in [1.54, 1.807) is 18.1 Å². The van der Waals surface area contributed by atoms with Crippen LogP contribution in [0.15, 0.2) is 61.2 Å². The van der Waals surface area contributed by atoms with E-state index in [4.69, 9.17) is 10.00 Å². The highest BCUT2D eigenvalue weighted by Gasteiger charge is 2.19. The zero-order valence-electron chi connectivity index (χ0n) is 18.5. The van der Waals surface area contributed by atoms with Crippen LogP contribution in [-0.2, 0) is 6.54 Å². The molecule has 0 spiro atoms. The van der Waals surface area contributed by atoms with Gasteiger partial charge in [0.2, 0.25) is 0 Å². The van der Waals surface area contributed by atoms with Gasteiger partial charge in [-0.1, -0.05) is 18.7 Å². The quantitative estimate of drug-likeness (QED) is 0.618. The Balaban J connectivity index is 1.33. The van der Waals surface area contributed by atoms with Gasteiger partial charge in [0.25, 0.3) is 0 Å². The van der Waals surface area contributed by atoms with Crippen LogP contribution in [0.25, 0.3) is 5.69 Å². The summed E-state index contributed by atoms with van der Waals surface area (Å²) >= 11 is 0. The van der Waals surface area contributed by atoms with Gasteiger partial charge in [0.1, 0.15) is 23.6 Å². The number of rotatable bonds is 7. The van der Waals surface area contributed by atoms with Gasteiger partial charge in [0.05, 0.1) is 24.6 Å². The van der Waals surface area contributed by atoms with E-state index in [-0.39, 0.29) is 0 Å². The lowest BCUT2D eigenvalue weighted by Gasteiger charge is -2.38. The van der Waals surface area contributed by atoms with Gasteiger partial charge in [0.15, 0.2) is 0 Å². The molecule has 8 nitrogen and oxygen atoms in total. The first-order valence-electron chi connectivity index (χ1n) is 10.6. The summed E-state index contributed by atoms with van der Waals surface area (Å²) in [6.45, 7) is 10.3. The molecule has 0 radical (unpaired) electrons. The lowest BCUT2D eigenvalue weighted by molar-refractivity contribution is 0.300. The van der Waals surface area contributed by atoms with Crippen molar-refractivity contribution in [1.82, 2.24) is 25.0 Å². The van der Waals surface area contributed by atoms with Gasteiger partial charge in [0, 0.05) is 44.5 Å². The molecular formula is C24H27N7O. The Kier molecular flexibility index (Phi) is 6.26. The van der Waals surface area contributed by atoms with Crippen LogP contribution in [0, 0.1) is 18.3 Å². The highest BCUT2D eigenvalue weighted by Crippen LogP contribution is 2.29. The van der Waals surface area contributed by atoms with E-state index < -0.39 is 0 Å². The summed E-state index contributed by atoms with van der Waals surface area (Å²) in [6.07, 6.45) is 1.70. The van der Waals surface area contributed by atoms with Crippen LogP contribution >= 0.6 is 0 Å². The zero-order valence-corrected chi connectivity index (χ0v) is 18.5. The van der Waals surface area contributed by atoms with Crippen molar-refractivity contribution in [2.75, 3.05) is 38.2 Å². The van der Waals surface area contributed by atoms with Crippen LogP contribution in [0.2, 0.25) is 0 Å². The molecule has 3 aromatic rings. The summed E-state index contributed by atoms with van der Waals surface area (Å²) in [5.74, 6) is 2.41. The number of aromatic nitrogens is 3. The third kappa shape index (κ3) is 4.67. The topological polar surface area (TPSA) is 82.2 Å². The summed E-state index contributed by atoms with van der Waals surface area (Å²) in [5, 5.41) is 16.7. The monoisotopic (exact) mass is 429 g/mol. The third-order valence-corrected chi connectivity index (χ3v) is 5.62. The zero-order chi connectivity index (χ0) is 22.5. The van der Waals surface area contributed by atoms with Crippen molar-refractivity contribution in [2.45, 2.75) is 13.5 Å². The molecule has 2 heterocycles. The Bertz CT molecular complexity index is 1120. The molecule has 4 rings (SSSR count). The molecule has 164 valence electrons. The lowest BCUT2D eigenvalue weighted by atomic mass is 10.1. The second-order valence-corrected chi connectivity index (χ2v) is 7.68. The molecule has 1 N–H and O–H groups in total. The van der Waals surface area contributed by atoms with Gasteiger partial charge < -0.3 is 19.9 Å². The fourth-order valence-corrected chi connectivity index (χ4v) is 3.76. The van der Waals surface area contributed by atoms with Gasteiger partial charge in [-0.2, -0.15) is 10.4 Å². The Hall–Kier alpha value is -3.99. The molecule has 1 aliphatic rings. The van der Waals surface area contributed by atoms with Crippen LogP contribution in [0.1, 0.15) is 17.0 Å². The number of hydrogen-bond acceptors (Lipinski definition) is 7. The molecule has 1 aliphatic heterocycles. The number of nitrogens with one attached hydrogen (secondary N) is 1. The van der Waals surface area contributed by atoms with Gasteiger partial charge in [-0.05, 0) is 36.8 Å². The first-order chi connectivity index (χ1) is 15.6. The maximum Gasteiger partial charge on any atom is 0.147 e. The van der Waals surface area contributed by atoms with Crippen molar-refractivity contribution >= 4 is 5.69 Å². The smallest absolute Gasteiger partial charge is 0.147 e. The van der Waals surface area contributed by atoms with E-state index in [1.807, 2.05) is 37.3 Å². The molecule has 32 heavy (non-hydrogen) atoms. The van der Waals surface area contributed by atoms with Crippen LogP contribution in [-0.4, -0.2) is 53.0 Å². The normalized spacial score (nSPS) is 13.5. The number of benzene rings is 2. The van der Waals surface area contributed by atoms with Gasteiger partial charge in [-0.25, -0.2) is 9.67 Å². The number of methoxy groups -OCH3 is 1. The first-order valence-corrected chi connectivity index (χ1v) is 10.6. The van der Waals surface area contributed by atoms with Crippen LogP contribution in [0.4, 0.5) is 5.69 Å². The Labute approximate surface area is 188 Å². The average Bonchev–Trinajstić information content (AvgIpc) is 3.28. The van der Waals surface area contributed by atoms with Crippen LogP contribution in [0.5, 0.6) is 5.75 Å². The minimum absolute atomic E-state index is 0.671. The molecule has 0 aliphatic carbocycles.